The van der Waals surface area contributed by atoms with E-state index < -0.39 is 17.6 Å². The summed E-state index contributed by atoms with van der Waals surface area (Å²) in [6.07, 6.45) is 2.68. The standard InChI is InChI=1S/C23H27NO4/c1-23(2,3)28-21(27)16-24-19(14-15-20(25)26)22(17-10-6-4-7-11-17)18-12-8-5-9-13-18/h4-15,19,22,24H,16H2,1-3H3,(H,25,26)/b15-14+. The van der Waals surface area contributed by atoms with E-state index in [0.29, 0.717) is 0 Å². The highest BCUT2D eigenvalue weighted by Crippen LogP contribution is 2.28. The van der Waals surface area contributed by atoms with Gasteiger partial charge in [-0.1, -0.05) is 66.7 Å². The van der Waals surface area contributed by atoms with E-state index in [1.807, 2.05) is 81.4 Å². The summed E-state index contributed by atoms with van der Waals surface area (Å²) in [4.78, 5) is 23.3. The molecule has 0 aliphatic carbocycles. The molecule has 148 valence electrons. The van der Waals surface area contributed by atoms with E-state index in [2.05, 4.69) is 5.32 Å². The molecule has 0 heterocycles. The molecule has 28 heavy (non-hydrogen) atoms. The first-order valence-electron chi connectivity index (χ1n) is 9.22. The van der Waals surface area contributed by atoms with E-state index in [-0.39, 0.29) is 18.4 Å². The molecule has 0 saturated carbocycles. The SMILES string of the molecule is CC(C)(C)OC(=O)CNC(/C=C/C(=O)O)C(c1ccccc1)c1ccccc1. The maximum atomic E-state index is 12.2. The van der Waals surface area contributed by atoms with Crippen molar-refractivity contribution in [3.63, 3.8) is 0 Å². The Hall–Kier alpha value is -2.92. The molecule has 2 rings (SSSR count). The minimum atomic E-state index is -1.04. The van der Waals surface area contributed by atoms with E-state index in [4.69, 9.17) is 9.84 Å². The smallest absolute Gasteiger partial charge is 0.328 e. The largest absolute Gasteiger partial charge is 0.478 e. The van der Waals surface area contributed by atoms with Gasteiger partial charge in [0.05, 0.1) is 6.54 Å². The number of benzene rings is 2. The molecular formula is C23H27NO4. The highest BCUT2D eigenvalue weighted by atomic mass is 16.6. The quantitative estimate of drug-likeness (QED) is 0.538. The van der Waals surface area contributed by atoms with E-state index in [1.54, 1.807) is 6.08 Å². The highest BCUT2D eigenvalue weighted by Gasteiger charge is 2.25. The van der Waals surface area contributed by atoms with Crippen LogP contribution in [-0.4, -0.2) is 35.2 Å². The molecule has 5 nitrogen and oxygen atoms in total. The minimum Gasteiger partial charge on any atom is -0.478 e. The van der Waals surface area contributed by atoms with Crippen LogP contribution in [0.1, 0.15) is 37.8 Å². The average molecular weight is 381 g/mol. The molecule has 2 N–H and O–H groups in total. The molecule has 0 aromatic heterocycles. The van der Waals surface area contributed by atoms with Gasteiger partial charge in [0.15, 0.2) is 0 Å². The number of hydrogen-bond donors (Lipinski definition) is 2. The summed E-state index contributed by atoms with van der Waals surface area (Å²) >= 11 is 0. The summed E-state index contributed by atoms with van der Waals surface area (Å²) in [7, 11) is 0. The van der Waals surface area contributed by atoms with Gasteiger partial charge in [-0.15, -0.1) is 0 Å². The number of hydrogen-bond acceptors (Lipinski definition) is 4. The summed E-state index contributed by atoms with van der Waals surface area (Å²) in [5.74, 6) is -1.59. The fourth-order valence-electron chi connectivity index (χ4n) is 2.99. The number of carboxylic acid groups (broad SMARTS) is 1. The Morgan fingerprint density at radius 2 is 1.50 bits per heavy atom. The first kappa shape index (κ1) is 21.4. The molecule has 2 aromatic carbocycles. The number of rotatable bonds is 8. The lowest BCUT2D eigenvalue weighted by Gasteiger charge is -2.27. The van der Waals surface area contributed by atoms with Crippen molar-refractivity contribution in [2.75, 3.05) is 6.54 Å². The zero-order valence-corrected chi connectivity index (χ0v) is 16.5. The Balaban J connectivity index is 2.33. The Bertz CT molecular complexity index is 755. The summed E-state index contributed by atoms with van der Waals surface area (Å²) in [6, 6.07) is 19.2. The first-order valence-corrected chi connectivity index (χ1v) is 9.22. The van der Waals surface area contributed by atoms with E-state index in [9.17, 15) is 9.59 Å². The van der Waals surface area contributed by atoms with Crippen LogP contribution in [0.5, 0.6) is 0 Å². The lowest BCUT2D eigenvalue weighted by atomic mass is 9.84. The molecule has 0 bridgehead atoms. The van der Waals surface area contributed by atoms with Crippen molar-refractivity contribution >= 4 is 11.9 Å². The van der Waals surface area contributed by atoms with Gasteiger partial charge in [0.2, 0.25) is 0 Å². The maximum Gasteiger partial charge on any atom is 0.328 e. The van der Waals surface area contributed by atoms with Crippen LogP contribution in [0.25, 0.3) is 0 Å². The van der Waals surface area contributed by atoms with Gasteiger partial charge in [-0.25, -0.2) is 4.79 Å². The van der Waals surface area contributed by atoms with Crippen molar-refractivity contribution in [1.82, 2.24) is 5.32 Å². The second-order valence-electron chi connectivity index (χ2n) is 7.49. The van der Waals surface area contributed by atoms with E-state index >= 15 is 0 Å². The van der Waals surface area contributed by atoms with Crippen LogP contribution in [0, 0.1) is 0 Å². The molecule has 2 aromatic rings. The molecule has 0 saturated heterocycles. The van der Waals surface area contributed by atoms with Gasteiger partial charge in [-0.05, 0) is 31.9 Å². The van der Waals surface area contributed by atoms with Crippen LogP contribution in [0.15, 0.2) is 72.8 Å². The molecule has 0 amide bonds. The van der Waals surface area contributed by atoms with Crippen LogP contribution in [0.4, 0.5) is 0 Å². The lowest BCUT2D eigenvalue weighted by Crippen LogP contribution is -2.39. The third-order valence-corrected chi connectivity index (χ3v) is 4.02. The van der Waals surface area contributed by atoms with Gasteiger partial charge in [0.1, 0.15) is 5.60 Å². The van der Waals surface area contributed by atoms with E-state index in [1.165, 1.54) is 0 Å². The molecular weight excluding hydrogens is 354 g/mol. The van der Waals surface area contributed by atoms with Crippen LogP contribution in [-0.2, 0) is 14.3 Å². The lowest BCUT2D eigenvalue weighted by molar-refractivity contribution is -0.153. The fourth-order valence-corrected chi connectivity index (χ4v) is 2.99. The molecule has 0 radical (unpaired) electrons. The molecule has 0 aliphatic heterocycles. The number of carboxylic acids is 1. The monoisotopic (exact) mass is 381 g/mol. The van der Waals surface area contributed by atoms with Gasteiger partial charge >= 0.3 is 11.9 Å². The van der Waals surface area contributed by atoms with Crippen LogP contribution in [0.2, 0.25) is 0 Å². The minimum absolute atomic E-state index is 0.0257. The fraction of sp³-hybridized carbons (Fsp3) is 0.304. The molecule has 0 spiro atoms. The first-order chi connectivity index (χ1) is 13.3. The number of carbonyl (C=O) groups is 2. The van der Waals surface area contributed by atoms with Gasteiger partial charge in [0.25, 0.3) is 0 Å². The predicted octanol–water partition coefficient (Wildman–Crippen LogP) is 3.76. The second kappa shape index (κ2) is 9.85. The summed E-state index contributed by atoms with van der Waals surface area (Å²) < 4.78 is 5.36. The Kier molecular flexibility index (Phi) is 7.52. The topological polar surface area (TPSA) is 75.6 Å². The maximum absolute atomic E-state index is 12.2. The van der Waals surface area contributed by atoms with E-state index in [0.717, 1.165) is 17.2 Å². The van der Waals surface area contributed by atoms with Crippen molar-refractivity contribution in [2.24, 2.45) is 0 Å². The summed E-state index contributed by atoms with van der Waals surface area (Å²) in [5.41, 5.74) is 1.46. The average Bonchev–Trinajstić information content (AvgIpc) is 2.64. The summed E-state index contributed by atoms with van der Waals surface area (Å²) in [5, 5.41) is 12.3. The van der Waals surface area contributed by atoms with Crippen molar-refractivity contribution in [3.8, 4) is 0 Å². The Labute approximate surface area is 166 Å². The molecule has 0 fully saturated rings. The Morgan fingerprint density at radius 3 is 1.93 bits per heavy atom. The van der Waals surface area contributed by atoms with Crippen molar-refractivity contribution in [1.29, 1.82) is 0 Å². The number of carbonyl (C=O) groups excluding carboxylic acids is 1. The normalized spacial score (nSPS) is 12.9. The van der Waals surface area contributed by atoms with Gasteiger partial charge < -0.3 is 9.84 Å². The second-order valence-corrected chi connectivity index (χ2v) is 7.49. The number of ether oxygens (including phenoxy) is 1. The van der Waals surface area contributed by atoms with Crippen LogP contribution >= 0.6 is 0 Å². The van der Waals surface area contributed by atoms with Gasteiger partial charge in [-0.2, -0.15) is 0 Å². The van der Waals surface area contributed by atoms with Crippen LogP contribution < -0.4 is 5.32 Å². The highest BCUT2D eigenvalue weighted by molar-refractivity contribution is 5.80. The zero-order chi connectivity index (χ0) is 20.6. The molecule has 0 aliphatic rings. The van der Waals surface area contributed by atoms with Crippen molar-refractivity contribution < 1.29 is 19.4 Å². The van der Waals surface area contributed by atoms with Crippen molar-refractivity contribution in [3.05, 3.63) is 83.9 Å². The molecule has 5 heteroatoms. The predicted molar refractivity (Wildman–Crippen MR) is 109 cm³/mol. The third kappa shape index (κ3) is 7.00. The van der Waals surface area contributed by atoms with Gasteiger partial charge in [-0.3, -0.25) is 10.1 Å². The van der Waals surface area contributed by atoms with Crippen LogP contribution in [0.3, 0.4) is 0 Å². The molecule has 1 atom stereocenters. The number of esters is 1. The van der Waals surface area contributed by atoms with Crippen molar-refractivity contribution in [2.45, 2.75) is 38.3 Å². The Morgan fingerprint density at radius 1 is 1.00 bits per heavy atom. The zero-order valence-electron chi connectivity index (χ0n) is 16.5. The number of nitrogens with one attached hydrogen (secondary N) is 1. The molecule has 1 unspecified atom stereocenters. The third-order valence-electron chi connectivity index (χ3n) is 4.02. The van der Waals surface area contributed by atoms with Gasteiger partial charge in [0, 0.05) is 18.0 Å². The number of aliphatic carboxylic acids is 1. The summed E-state index contributed by atoms with van der Waals surface area (Å²) in [6.45, 7) is 5.40.